The Morgan fingerprint density at radius 3 is 2.38 bits per heavy atom. The van der Waals surface area contributed by atoms with Crippen LogP contribution in [0.5, 0.6) is 0 Å². The molecule has 0 aliphatic rings. The Balaban J connectivity index is 1.48. The van der Waals surface area contributed by atoms with Crippen LogP contribution in [0.3, 0.4) is 0 Å². The van der Waals surface area contributed by atoms with Crippen LogP contribution in [0.25, 0.3) is 15.4 Å². The summed E-state index contributed by atoms with van der Waals surface area (Å²) < 4.78 is 1.82. The maximum atomic E-state index is 14.3. The summed E-state index contributed by atoms with van der Waals surface area (Å²) in [7, 11) is 0. The maximum Gasteiger partial charge on any atom is 0.274 e. The lowest BCUT2D eigenvalue weighted by atomic mass is 10.00. The molecule has 5 rings (SSSR count). The molecule has 1 atom stereocenters. The Hall–Kier alpha value is -3.82. The summed E-state index contributed by atoms with van der Waals surface area (Å²) in [6, 6.07) is 19.6. The van der Waals surface area contributed by atoms with Gasteiger partial charge in [-0.3, -0.25) is 14.0 Å². The van der Waals surface area contributed by atoms with Gasteiger partial charge in [0.15, 0.2) is 4.96 Å². The van der Waals surface area contributed by atoms with E-state index in [1.54, 1.807) is 0 Å². The molecule has 5 aromatic rings. The number of aryl methyl sites for hydroxylation is 2. The van der Waals surface area contributed by atoms with E-state index in [1.165, 1.54) is 22.7 Å². The number of fused-ring (bicyclic) bond motifs is 1. The van der Waals surface area contributed by atoms with Crippen molar-refractivity contribution in [1.29, 1.82) is 0 Å². The Labute approximate surface area is 236 Å². The van der Waals surface area contributed by atoms with Gasteiger partial charge in [-0.25, -0.2) is 9.97 Å². The number of aromatic nitrogens is 3. The number of hydrogen-bond acceptors (Lipinski definition) is 6. The first-order valence-corrected chi connectivity index (χ1v) is 14.6. The number of benzene rings is 2. The number of carbonyl (C=O) groups is 2. The van der Waals surface area contributed by atoms with Gasteiger partial charge in [0.2, 0.25) is 0 Å². The van der Waals surface area contributed by atoms with Crippen molar-refractivity contribution in [2.24, 2.45) is 5.92 Å². The second kappa shape index (κ2) is 11.5. The Kier molecular flexibility index (Phi) is 7.90. The molecule has 1 N–H and O–H groups in total. The van der Waals surface area contributed by atoms with E-state index in [0.717, 1.165) is 26.0 Å². The van der Waals surface area contributed by atoms with Crippen molar-refractivity contribution in [3.05, 3.63) is 99.9 Å². The lowest BCUT2D eigenvalue weighted by Gasteiger charge is -2.34. The van der Waals surface area contributed by atoms with Crippen LogP contribution in [0.1, 0.15) is 51.1 Å². The van der Waals surface area contributed by atoms with Crippen LogP contribution in [-0.2, 0) is 6.54 Å². The lowest BCUT2D eigenvalue weighted by molar-refractivity contribution is 0.0588. The molecule has 2 amide bonds. The van der Waals surface area contributed by atoms with Crippen molar-refractivity contribution < 1.29 is 9.59 Å². The first-order chi connectivity index (χ1) is 18.8. The van der Waals surface area contributed by atoms with Gasteiger partial charge in [-0.15, -0.1) is 22.7 Å². The predicted molar refractivity (Wildman–Crippen MR) is 157 cm³/mol. The molecular formula is C30H31N5O2S2. The average molecular weight is 558 g/mol. The largest absolute Gasteiger partial charge is 0.349 e. The van der Waals surface area contributed by atoms with E-state index in [0.29, 0.717) is 30.2 Å². The highest BCUT2D eigenvalue weighted by molar-refractivity contribution is 7.15. The standard InChI is InChI=1S/C30H31N5O2S2/c1-19(2)24(17-31-28(36)26-20(3)32-30-34(26)15-16-38-30)35(18-22-11-7-5-8-12-22)29(37)25-27(39-21(4)33-25)23-13-9-6-10-14-23/h5-16,19,24H,17-18H2,1-4H3,(H,31,36)/t24-/m1/s1. The minimum Gasteiger partial charge on any atom is -0.349 e. The summed E-state index contributed by atoms with van der Waals surface area (Å²) >= 11 is 3.01. The third-order valence-corrected chi connectivity index (χ3v) is 8.50. The lowest BCUT2D eigenvalue weighted by Crippen LogP contribution is -2.49. The molecule has 2 aromatic carbocycles. The molecule has 0 spiro atoms. The van der Waals surface area contributed by atoms with Crippen LogP contribution in [0.4, 0.5) is 0 Å². The SMILES string of the molecule is Cc1nc(C(=O)N(Cc2ccccc2)[C@H](CNC(=O)c2c(C)nc3sccn23)C(C)C)c(-c2ccccc2)s1. The van der Waals surface area contributed by atoms with E-state index in [9.17, 15) is 9.59 Å². The molecule has 0 aliphatic carbocycles. The van der Waals surface area contributed by atoms with Crippen LogP contribution in [0.15, 0.2) is 72.2 Å². The van der Waals surface area contributed by atoms with Gasteiger partial charge in [-0.2, -0.15) is 0 Å². The quantitative estimate of drug-likeness (QED) is 0.233. The molecular weight excluding hydrogens is 526 g/mol. The molecule has 0 fully saturated rings. The van der Waals surface area contributed by atoms with Gasteiger partial charge in [0.25, 0.3) is 11.8 Å². The number of nitrogens with one attached hydrogen (secondary N) is 1. The fraction of sp³-hybridized carbons (Fsp3) is 0.267. The monoisotopic (exact) mass is 557 g/mol. The maximum absolute atomic E-state index is 14.3. The zero-order valence-corrected chi connectivity index (χ0v) is 24.1. The molecule has 0 unspecified atom stereocenters. The molecule has 0 bridgehead atoms. The second-order valence-electron chi connectivity index (χ2n) is 9.82. The number of nitrogens with zero attached hydrogens (tertiary/aromatic N) is 4. The van der Waals surface area contributed by atoms with Crippen molar-refractivity contribution in [2.45, 2.75) is 40.3 Å². The van der Waals surface area contributed by atoms with E-state index in [2.05, 4.69) is 24.1 Å². The molecule has 39 heavy (non-hydrogen) atoms. The molecule has 3 aromatic heterocycles. The van der Waals surface area contributed by atoms with E-state index in [4.69, 9.17) is 4.98 Å². The molecule has 200 valence electrons. The van der Waals surface area contributed by atoms with Crippen LogP contribution in [0, 0.1) is 19.8 Å². The summed E-state index contributed by atoms with van der Waals surface area (Å²) in [4.78, 5) is 40.4. The summed E-state index contributed by atoms with van der Waals surface area (Å²) in [6.45, 7) is 8.63. The van der Waals surface area contributed by atoms with Gasteiger partial charge in [-0.1, -0.05) is 74.5 Å². The highest BCUT2D eigenvalue weighted by Gasteiger charge is 2.32. The molecule has 9 heteroatoms. The van der Waals surface area contributed by atoms with Crippen molar-refractivity contribution >= 4 is 39.4 Å². The second-order valence-corrected chi connectivity index (χ2v) is 11.9. The predicted octanol–water partition coefficient (Wildman–Crippen LogP) is 6.23. The fourth-order valence-corrected chi connectivity index (χ4v) is 6.44. The normalized spacial score (nSPS) is 12.1. The summed E-state index contributed by atoms with van der Waals surface area (Å²) in [5.41, 5.74) is 3.64. The molecule has 0 saturated carbocycles. The number of amides is 2. The fourth-order valence-electron chi connectivity index (χ4n) is 4.77. The van der Waals surface area contributed by atoms with Gasteiger partial charge in [0, 0.05) is 24.7 Å². The summed E-state index contributed by atoms with van der Waals surface area (Å²) in [5, 5.41) is 5.85. The van der Waals surface area contributed by atoms with Gasteiger partial charge in [0.1, 0.15) is 11.4 Å². The smallest absolute Gasteiger partial charge is 0.274 e. The Morgan fingerprint density at radius 2 is 1.69 bits per heavy atom. The van der Waals surface area contributed by atoms with Gasteiger partial charge >= 0.3 is 0 Å². The zero-order valence-electron chi connectivity index (χ0n) is 22.4. The molecule has 7 nitrogen and oxygen atoms in total. The van der Waals surface area contributed by atoms with E-state index >= 15 is 0 Å². The first kappa shape index (κ1) is 26.8. The highest BCUT2D eigenvalue weighted by Crippen LogP contribution is 2.32. The summed E-state index contributed by atoms with van der Waals surface area (Å²) in [5.74, 6) is -0.271. The van der Waals surface area contributed by atoms with Gasteiger partial charge in [0.05, 0.1) is 21.6 Å². The van der Waals surface area contributed by atoms with E-state index in [-0.39, 0.29) is 23.8 Å². The molecule has 0 saturated heterocycles. The summed E-state index contributed by atoms with van der Waals surface area (Å²) in [6.07, 6.45) is 1.86. The minimum atomic E-state index is -0.265. The molecule has 0 radical (unpaired) electrons. The van der Waals surface area contributed by atoms with Crippen molar-refractivity contribution in [1.82, 2.24) is 24.6 Å². The van der Waals surface area contributed by atoms with Crippen LogP contribution in [-0.4, -0.2) is 43.7 Å². The van der Waals surface area contributed by atoms with Crippen LogP contribution < -0.4 is 5.32 Å². The van der Waals surface area contributed by atoms with Crippen LogP contribution >= 0.6 is 22.7 Å². The van der Waals surface area contributed by atoms with Gasteiger partial charge < -0.3 is 10.2 Å². The van der Waals surface area contributed by atoms with Crippen LogP contribution in [0.2, 0.25) is 0 Å². The highest BCUT2D eigenvalue weighted by atomic mass is 32.1. The van der Waals surface area contributed by atoms with Crippen molar-refractivity contribution in [2.75, 3.05) is 6.54 Å². The topological polar surface area (TPSA) is 79.6 Å². The third-order valence-electron chi connectivity index (χ3n) is 6.72. The van der Waals surface area contributed by atoms with Crippen molar-refractivity contribution in [3.63, 3.8) is 0 Å². The number of carbonyl (C=O) groups excluding carboxylic acids is 2. The molecule has 0 aliphatic heterocycles. The Bertz CT molecular complexity index is 1590. The molecule has 3 heterocycles. The van der Waals surface area contributed by atoms with Crippen molar-refractivity contribution in [3.8, 4) is 10.4 Å². The Morgan fingerprint density at radius 1 is 1.00 bits per heavy atom. The number of thiazole rings is 2. The van der Waals surface area contributed by atoms with E-state index < -0.39 is 0 Å². The van der Waals surface area contributed by atoms with E-state index in [1.807, 2.05) is 95.4 Å². The number of rotatable bonds is 9. The number of hydrogen-bond donors (Lipinski definition) is 1. The third kappa shape index (κ3) is 5.65. The van der Waals surface area contributed by atoms with Gasteiger partial charge in [-0.05, 0) is 30.9 Å². The first-order valence-electron chi connectivity index (χ1n) is 12.9. The zero-order chi connectivity index (χ0) is 27.5. The average Bonchev–Trinajstić information content (AvgIpc) is 3.62. The number of imidazole rings is 1. The minimum absolute atomic E-state index is 0.0746.